The summed E-state index contributed by atoms with van der Waals surface area (Å²) in [7, 11) is 0. The van der Waals surface area contributed by atoms with Crippen molar-refractivity contribution in [1.29, 1.82) is 0 Å². The molecule has 86 valence electrons. The maximum Gasteiger partial charge on any atom is 0.225 e. The molecule has 2 rings (SSSR count). The Kier molecular flexibility index (Phi) is 3.25. The van der Waals surface area contributed by atoms with Crippen LogP contribution >= 0.6 is 11.6 Å². The van der Waals surface area contributed by atoms with E-state index >= 15 is 0 Å². The number of hydrogen-bond acceptors (Lipinski definition) is 2. The lowest BCUT2D eigenvalue weighted by atomic mass is 9.98. The average Bonchev–Trinajstić information content (AvgIpc) is 2.40. The summed E-state index contributed by atoms with van der Waals surface area (Å²) >= 11 is 6.35. The smallest absolute Gasteiger partial charge is 0.148 e. The third kappa shape index (κ3) is 2.22. The molecule has 2 aromatic carbocycles. The van der Waals surface area contributed by atoms with Crippen LogP contribution in [0.15, 0.2) is 59.8 Å². The maximum atomic E-state index is 11.1. The Hall–Kier alpha value is -1.67. The summed E-state index contributed by atoms with van der Waals surface area (Å²) in [6.07, 6.45) is 0. The van der Waals surface area contributed by atoms with Gasteiger partial charge in [-0.1, -0.05) is 71.8 Å². The third-order valence-electron chi connectivity index (χ3n) is 2.72. The van der Waals surface area contributed by atoms with E-state index in [1.54, 1.807) is 12.1 Å². The highest BCUT2D eigenvalue weighted by Crippen LogP contribution is 2.37. The number of hydrogen-bond donors (Lipinski definition) is 0. The zero-order chi connectivity index (χ0) is 12.3. The molecule has 1 unspecified atom stereocenters. The van der Waals surface area contributed by atoms with Crippen LogP contribution in [-0.2, 0) is 5.00 Å². The van der Waals surface area contributed by atoms with Crippen molar-refractivity contribution >= 4 is 11.6 Å². The molecule has 0 aromatic heterocycles. The summed E-state index contributed by atoms with van der Waals surface area (Å²) in [6.45, 7) is 1.98. The number of aryl methyl sites for hydroxylation is 1. The lowest BCUT2D eigenvalue weighted by Crippen LogP contribution is -2.16. The number of nitroso groups, excluding NO2 is 1. The van der Waals surface area contributed by atoms with Gasteiger partial charge in [0.2, 0.25) is 5.00 Å². The van der Waals surface area contributed by atoms with Crippen LogP contribution in [0.25, 0.3) is 0 Å². The van der Waals surface area contributed by atoms with Crippen LogP contribution in [0.1, 0.15) is 16.7 Å². The number of alkyl halides is 1. The monoisotopic (exact) mass is 245 g/mol. The Morgan fingerprint density at radius 3 is 2.00 bits per heavy atom. The molecule has 0 N–H and O–H groups in total. The Balaban J connectivity index is 2.51. The Morgan fingerprint density at radius 2 is 1.47 bits per heavy atom. The zero-order valence-corrected chi connectivity index (χ0v) is 10.2. The van der Waals surface area contributed by atoms with Crippen molar-refractivity contribution in [3.05, 3.63) is 76.2 Å². The van der Waals surface area contributed by atoms with Gasteiger partial charge in [-0.15, -0.1) is 4.91 Å². The number of benzene rings is 2. The Labute approximate surface area is 105 Å². The van der Waals surface area contributed by atoms with Crippen LogP contribution in [0.2, 0.25) is 0 Å². The lowest BCUT2D eigenvalue weighted by molar-refractivity contribution is 0.769. The molecule has 0 amide bonds. The highest BCUT2D eigenvalue weighted by Gasteiger charge is 2.33. The van der Waals surface area contributed by atoms with E-state index in [0.29, 0.717) is 11.1 Å². The van der Waals surface area contributed by atoms with Gasteiger partial charge >= 0.3 is 0 Å². The fourth-order valence-electron chi connectivity index (χ4n) is 1.71. The van der Waals surface area contributed by atoms with E-state index in [9.17, 15) is 4.91 Å². The van der Waals surface area contributed by atoms with E-state index < -0.39 is 5.00 Å². The second-order valence-electron chi connectivity index (χ2n) is 3.95. The van der Waals surface area contributed by atoms with E-state index in [4.69, 9.17) is 11.6 Å². The van der Waals surface area contributed by atoms with Crippen molar-refractivity contribution in [2.24, 2.45) is 5.18 Å². The molecular weight excluding hydrogens is 234 g/mol. The quantitative estimate of drug-likeness (QED) is 0.453. The molecule has 0 radical (unpaired) electrons. The van der Waals surface area contributed by atoms with E-state index in [1.165, 1.54) is 0 Å². The molecule has 0 heterocycles. The predicted octanol–water partition coefficient (Wildman–Crippen LogP) is 4.20. The van der Waals surface area contributed by atoms with Gasteiger partial charge in [-0.05, 0) is 12.1 Å². The summed E-state index contributed by atoms with van der Waals surface area (Å²) < 4.78 is 0. The molecule has 0 bridgehead atoms. The van der Waals surface area contributed by atoms with Crippen LogP contribution in [-0.4, -0.2) is 0 Å². The molecule has 1 atom stereocenters. The summed E-state index contributed by atoms with van der Waals surface area (Å²) in [4.78, 5) is 9.79. The van der Waals surface area contributed by atoms with E-state index in [2.05, 4.69) is 5.18 Å². The van der Waals surface area contributed by atoms with Gasteiger partial charge in [-0.3, -0.25) is 0 Å². The molecule has 0 fully saturated rings. The molecule has 0 saturated heterocycles. The van der Waals surface area contributed by atoms with E-state index in [1.807, 2.05) is 49.4 Å². The van der Waals surface area contributed by atoms with Gasteiger partial charge in [-0.2, -0.15) is 0 Å². The fraction of sp³-hybridized carbons (Fsp3) is 0.143. The Morgan fingerprint density at radius 1 is 0.941 bits per heavy atom. The Bertz CT molecular complexity index is 510. The predicted molar refractivity (Wildman–Crippen MR) is 70.0 cm³/mol. The minimum atomic E-state index is -1.34. The number of nitrogens with zero attached hydrogens (tertiary/aromatic N) is 1. The fourth-order valence-corrected chi connectivity index (χ4v) is 1.96. The normalized spacial score (nSPS) is 14.0. The van der Waals surface area contributed by atoms with Crippen molar-refractivity contribution in [1.82, 2.24) is 0 Å². The second kappa shape index (κ2) is 4.68. The first kappa shape index (κ1) is 11.8. The second-order valence-corrected chi connectivity index (χ2v) is 4.49. The molecule has 0 aliphatic heterocycles. The minimum absolute atomic E-state index is 0.681. The zero-order valence-electron chi connectivity index (χ0n) is 9.43. The highest BCUT2D eigenvalue weighted by molar-refractivity contribution is 6.25. The van der Waals surface area contributed by atoms with Gasteiger partial charge < -0.3 is 0 Å². The van der Waals surface area contributed by atoms with Crippen molar-refractivity contribution < 1.29 is 0 Å². The highest BCUT2D eigenvalue weighted by atomic mass is 35.5. The van der Waals surface area contributed by atoms with E-state index in [-0.39, 0.29) is 0 Å². The van der Waals surface area contributed by atoms with Crippen molar-refractivity contribution in [3.63, 3.8) is 0 Å². The van der Waals surface area contributed by atoms with Gasteiger partial charge in [0, 0.05) is 11.1 Å². The SMILES string of the molecule is Cc1ccc(C(Cl)(N=O)c2ccccc2)cc1. The van der Waals surface area contributed by atoms with E-state index in [0.717, 1.165) is 5.56 Å². The van der Waals surface area contributed by atoms with Crippen LogP contribution in [0, 0.1) is 11.8 Å². The summed E-state index contributed by atoms with van der Waals surface area (Å²) in [6, 6.07) is 16.6. The first-order chi connectivity index (χ1) is 8.16. The minimum Gasteiger partial charge on any atom is -0.148 e. The molecule has 0 saturated carbocycles. The van der Waals surface area contributed by atoms with Crippen molar-refractivity contribution in [2.75, 3.05) is 0 Å². The van der Waals surface area contributed by atoms with Crippen LogP contribution in [0.4, 0.5) is 0 Å². The molecule has 2 aromatic rings. The number of halogens is 1. The van der Waals surface area contributed by atoms with Gasteiger partial charge in [0.25, 0.3) is 0 Å². The van der Waals surface area contributed by atoms with Gasteiger partial charge in [0.15, 0.2) is 0 Å². The standard InChI is InChI=1S/C14H12ClNO/c1-11-7-9-13(10-8-11)14(15,16-17)12-5-3-2-4-6-12/h2-10H,1H3. The third-order valence-corrected chi connectivity index (χ3v) is 3.22. The molecule has 2 nitrogen and oxygen atoms in total. The first-order valence-electron chi connectivity index (χ1n) is 5.33. The van der Waals surface area contributed by atoms with Gasteiger partial charge in [-0.25, -0.2) is 0 Å². The van der Waals surface area contributed by atoms with Gasteiger partial charge in [0.1, 0.15) is 0 Å². The molecule has 17 heavy (non-hydrogen) atoms. The molecule has 3 heteroatoms. The summed E-state index contributed by atoms with van der Waals surface area (Å²) in [5.74, 6) is 0. The van der Waals surface area contributed by atoms with Crippen LogP contribution in [0.3, 0.4) is 0 Å². The van der Waals surface area contributed by atoms with Crippen LogP contribution < -0.4 is 0 Å². The largest absolute Gasteiger partial charge is 0.225 e. The van der Waals surface area contributed by atoms with Crippen molar-refractivity contribution in [3.8, 4) is 0 Å². The summed E-state index contributed by atoms with van der Waals surface area (Å²) in [5, 5.41) is 3.11. The molecule has 0 aliphatic rings. The van der Waals surface area contributed by atoms with Crippen LogP contribution in [0.5, 0.6) is 0 Å². The van der Waals surface area contributed by atoms with Crippen molar-refractivity contribution in [2.45, 2.75) is 11.9 Å². The molecule has 0 aliphatic carbocycles. The number of rotatable bonds is 3. The lowest BCUT2D eigenvalue weighted by Gasteiger charge is -2.19. The maximum absolute atomic E-state index is 11.1. The average molecular weight is 246 g/mol. The molecular formula is C14H12ClNO. The molecule has 0 spiro atoms. The topological polar surface area (TPSA) is 29.4 Å². The summed E-state index contributed by atoms with van der Waals surface area (Å²) in [5.41, 5.74) is 2.48. The first-order valence-corrected chi connectivity index (χ1v) is 5.71. The van der Waals surface area contributed by atoms with Gasteiger partial charge in [0.05, 0.1) is 0 Å².